The lowest BCUT2D eigenvalue weighted by atomic mass is 10.2. The fourth-order valence-electron chi connectivity index (χ4n) is 3.08. The first kappa shape index (κ1) is 16.1. The molecule has 4 heterocycles. The van der Waals surface area contributed by atoms with E-state index in [1.807, 2.05) is 29.5 Å². The van der Waals surface area contributed by atoms with Crippen LogP contribution in [0.4, 0.5) is 0 Å². The first-order valence-electron chi connectivity index (χ1n) is 8.55. The fourth-order valence-corrected chi connectivity index (χ4v) is 5.01. The number of ether oxygens (including phenoxy) is 2. The Kier molecular flexibility index (Phi) is 4.30. The molecule has 0 atom stereocenters. The SMILES string of the molecule is c1cnc2nc(Oc3ccc4cc(CN5CCOCC5)sc4c3)sc2c1. The molecule has 3 aromatic heterocycles. The Balaban J connectivity index is 1.36. The smallest absolute Gasteiger partial charge is 0.281 e. The number of thiophene rings is 1. The van der Waals surface area contributed by atoms with Gasteiger partial charge in [-0.3, -0.25) is 4.90 Å². The lowest BCUT2D eigenvalue weighted by Gasteiger charge is -2.25. The van der Waals surface area contributed by atoms with Crippen molar-refractivity contribution >= 4 is 43.1 Å². The minimum atomic E-state index is 0.628. The quantitative estimate of drug-likeness (QED) is 0.518. The van der Waals surface area contributed by atoms with Crippen molar-refractivity contribution in [1.82, 2.24) is 14.9 Å². The van der Waals surface area contributed by atoms with Crippen molar-refractivity contribution in [2.45, 2.75) is 6.54 Å². The third-order valence-electron chi connectivity index (χ3n) is 4.38. The fraction of sp³-hybridized carbons (Fsp3) is 0.263. The summed E-state index contributed by atoms with van der Waals surface area (Å²) in [5, 5.41) is 1.89. The van der Waals surface area contributed by atoms with Crippen LogP contribution in [0, 0.1) is 0 Å². The maximum Gasteiger partial charge on any atom is 0.281 e. The lowest BCUT2D eigenvalue weighted by Crippen LogP contribution is -2.35. The Morgan fingerprint density at radius 1 is 1.08 bits per heavy atom. The summed E-state index contributed by atoms with van der Waals surface area (Å²) in [5.74, 6) is 0.816. The molecule has 1 saturated heterocycles. The molecule has 132 valence electrons. The lowest BCUT2D eigenvalue weighted by molar-refractivity contribution is 0.0346. The predicted molar refractivity (Wildman–Crippen MR) is 105 cm³/mol. The molecule has 0 aliphatic carbocycles. The summed E-state index contributed by atoms with van der Waals surface area (Å²) in [6, 6.07) is 12.4. The summed E-state index contributed by atoms with van der Waals surface area (Å²) in [4.78, 5) is 12.5. The van der Waals surface area contributed by atoms with E-state index in [0.717, 1.165) is 48.9 Å². The Bertz CT molecular complexity index is 1020. The Hall–Kier alpha value is -2.06. The normalized spacial score (nSPS) is 15.7. The van der Waals surface area contributed by atoms with Crippen molar-refractivity contribution in [2.75, 3.05) is 26.3 Å². The second-order valence-electron chi connectivity index (χ2n) is 6.21. The van der Waals surface area contributed by atoms with Crippen molar-refractivity contribution in [3.05, 3.63) is 47.5 Å². The molecule has 26 heavy (non-hydrogen) atoms. The first-order valence-corrected chi connectivity index (χ1v) is 10.2. The van der Waals surface area contributed by atoms with Crippen LogP contribution in [-0.4, -0.2) is 41.2 Å². The molecule has 1 fully saturated rings. The van der Waals surface area contributed by atoms with Crippen LogP contribution in [0.25, 0.3) is 20.4 Å². The van der Waals surface area contributed by atoms with E-state index < -0.39 is 0 Å². The molecule has 1 aliphatic rings. The van der Waals surface area contributed by atoms with Crippen LogP contribution in [0.5, 0.6) is 10.9 Å². The molecule has 1 aliphatic heterocycles. The second-order valence-corrected chi connectivity index (χ2v) is 8.37. The average molecular weight is 383 g/mol. The predicted octanol–water partition coefficient (Wildman–Crippen LogP) is 4.53. The summed E-state index contributed by atoms with van der Waals surface area (Å²) in [6.07, 6.45) is 1.75. The van der Waals surface area contributed by atoms with E-state index >= 15 is 0 Å². The first-order chi connectivity index (χ1) is 12.8. The minimum Gasteiger partial charge on any atom is -0.431 e. The maximum absolute atomic E-state index is 5.98. The molecule has 5 rings (SSSR count). The van der Waals surface area contributed by atoms with E-state index in [2.05, 4.69) is 33.1 Å². The second kappa shape index (κ2) is 6.92. The molecule has 0 spiro atoms. The van der Waals surface area contributed by atoms with Gasteiger partial charge < -0.3 is 9.47 Å². The topological polar surface area (TPSA) is 47.5 Å². The Morgan fingerprint density at radius 2 is 2.00 bits per heavy atom. The molecule has 0 bridgehead atoms. The number of aromatic nitrogens is 2. The van der Waals surface area contributed by atoms with Crippen LogP contribution in [0.1, 0.15) is 4.88 Å². The largest absolute Gasteiger partial charge is 0.431 e. The van der Waals surface area contributed by atoms with Gasteiger partial charge in [-0.05, 0) is 41.8 Å². The van der Waals surface area contributed by atoms with E-state index in [-0.39, 0.29) is 0 Å². The molecule has 5 nitrogen and oxygen atoms in total. The van der Waals surface area contributed by atoms with Gasteiger partial charge in [0.25, 0.3) is 5.19 Å². The minimum absolute atomic E-state index is 0.628. The van der Waals surface area contributed by atoms with Gasteiger partial charge in [-0.15, -0.1) is 11.3 Å². The average Bonchev–Trinajstić information content (AvgIpc) is 3.24. The number of morpholine rings is 1. The molecular formula is C19H17N3O2S2. The van der Waals surface area contributed by atoms with Crippen molar-refractivity contribution in [1.29, 1.82) is 0 Å². The summed E-state index contributed by atoms with van der Waals surface area (Å²) in [5.41, 5.74) is 0.734. The van der Waals surface area contributed by atoms with Crippen LogP contribution >= 0.6 is 22.7 Å². The molecular weight excluding hydrogens is 366 g/mol. The summed E-state index contributed by atoms with van der Waals surface area (Å²) in [7, 11) is 0. The zero-order valence-electron chi connectivity index (χ0n) is 14.1. The number of fused-ring (bicyclic) bond motifs is 2. The number of hydrogen-bond acceptors (Lipinski definition) is 7. The van der Waals surface area contributed by atoms with Crippen molar-refractivity contribution < 1.29 is 9.47 Å². The molecule has 1 aromatic carbocycles. The zero-order valence-corrected chi connectivity index (χ0v) is 15.7. The molecule has 4 aromatic rings. The highest BCUT2D eigenvalue weighted by molar-refractivity contribution is 7.20. The standard InChI is InChI=1S/C19H17N3O2S2/c1-2-16-18(20-5-1)21-19(26-16)24-14-4-3-13-10-15(25-17(13)11-14)12-22-6-8-23-9-7-22/h1-5,10-11H,6-9,12H2. The van der Waals surface area contributed by atoms with E-state index in [9.17, 15) is 0 Å². The summed E-state index contributed by atoms with van der Waals surface area (Å²) < 4.78 is 13.7. The maximum atomic E-state index is 5.98. The van der Waals surface area contributed by atoms with Crippen LogP contribution < -0.4 is 4.74 Å². The number of benzene rings is 1. The van der Waals surface area contributed by atoms with Crippen LogP contribution in [0.2, 0.25) is 0 Å². The Labute approximate surface area is 158 Å². The molecule has 0 N–H and O–H groups in total. The van der Waals surface area contributed by atoms with E-state index in [1.165, 1.54) is 26.3 Å². The number of rotatable bonds is 4. The van der Waals surface area contributed by atoms with Gasteiger partial charge in [0.2, 0.25) is 0 Å². The zero-order chi connectivity index (χ0) is 17.3. The highest BCUT2D eigenvalue weighted by atomic mass is 32.1. The van der Waals surface area contributed by atoms with Gasteiger partial charge in [-0.1, -0.05) is 11.3 Å². The monoisotopic (exact) mass is 383 g/mol. The molecule has 0 radical (unpaired) electrons. The van der Waals surface area contributed by atoms with Crippen LogP contribution in [-0.2, 0) is 11.3 Å². The van der Waals surface area contributed by atoms with Crippen molar-refractivity contribution in [3.63, 3.8) is 0 Å². The van der Waals surface area contributed by atoms with E-state index in [1.54, 1.807) is 6.20 Å². The molecule has 7 heteroatoms. The number of thiazole rings is 1. The van der Waals surface area contributed by atoms with E-state index in [0.29, 0.717) is 5.19 Å². The van der Waals surface area contributed by atoms with Gasteiger partial charge in [0.15, 0.2) is 5.65 Å². The molecule has 0 unspecified atom stereocenters. The van der Waals surface area contributed by atoms with Gasteiger partial charge in [0, 0.05) is 35.4 Å². The Morgan fingerprint density at radius 3 is 2.88 bits per heavy atom. The third kappa shape index (κ3) is 3.31. The molecule has 0 amide bonds. The summed E-state index contributed by atoms with van der Waals surface area (Å²) in [6.45, 7) is 4.67. The van der Waals surface area contributed by atoms with Crippen molar-refractivity contribution in [2.24, 2.45) is 0 Å². The highest BCUT2D eigenvalue weighted by Crippen LogP contribution is 2.34. The van der Waals surface area contributed by atoms with Gasteiger partial charge >= 0.3 is 0 Å². The van der Waals surface area contributed by atoms with Crippen molar-refractivity contribution in [3.8, 4) is 10.9 Å². The number of nitrogens with zero attached hydrogens (tertiary/aromatic N) is 3. The van der Waals surface area contributed by atoms with Gasteiger partial charge in [-0.2, -0.15) is 4.98 Å². The van der Waals surface area contributed by atoms with Gasteiger partial charge in [-0.25, -0.2) is 4.98 Å². The number of hydrogen-bond donors (Lipinski definition) is 0. The summed E-state index contributed by atoms with van der Waals surface area (Å²) >= 11 is 3.34. The van der Waals surface area contributed by atoms with Gasteiger partial charge in [0.05, 0.1) is 17.9 Å². The highest BCUT2D eigenvalue weighted by Gasteiger charge is 2.13. The number of pyridine rings is 1. The van der Waals surface area contributed by atoms with Gasteiger partial charge in [0.1, 0.15) is 5.75 Å². The third-order valence-corrected chi connectivity index (χ3v) is 6.35. The molecule has 0 saturated carbocycles. The van der Waals surface area contributed by atoms with Crippen LogP contribution in [0.3, 0.4) is 0 Å². The van der Waals surface area contributed by atoms with E-state index in [4.69, 9.17) is 9.47 Å². The van der Waals surface area contributed by atoms with Crippen LogP contribution in [0.15, 0.2) is 42.6 Å².